The highest BCUT2D eigenvalue weighted by atomic mass is 32.1. The van der Waals surface area contributed by atoms with E-state index in [4.69, 9.17) is 0 Å². The van der Waals surface area contributed by atoms with E-state index < -0.39 is 0 Å². The number of hydrogen-bond donors (Lipinski definition) is 0. The Morgan fingerprint density at radius 1 is 1.31 bits per heavy atom. The van der Waals surface area contributed by atoms with Gasteiger partial charge in [-0.05, 0) is 63.5 Å². The Labute approximate surface area is 175 Å². The molecule has 0 aliphatic carbocycles. The number of nitrogens with zero attached hydrogens (tertiary/aromatic N) is 4. The Hall–Kier alpha value is -2.91. The molecule has 0 radical (unpaired) electrons. The monoisotopic (exact) mass is 406 g/mol. The maximum atomic E-state index is 13.2. The molecule has 5 nitrogen and oxygen atoms in total. The fourth-order valence-electron chi connectivity index (χ4n) is 3.54. The summed E-state index contributed by atoms with van der Waals surface area (Å²) < 4.78 is 3.26. The van der Waals surface area contributed by atoms with Crippen molar-refractivity contribution in [1.29, 1.82) is 5.26 Å². The van der Waals surface area contributed by atoms with Gasteiger partial charge in [-0.3, -0.25) is 9.69 Å². The van der Waals surface area contributed by atoms with E-state index in [9.17, 15) is 10.1 Å². The van der Waals surface area contributed by atoms with Gasteiger partial charge in [-0.1, -0.05) is 30.4 Å². The topological polar surface area (TPSA) is 61.9 Å². The summed E-state index contributed by atoms with van der Waals surface area (Å²) in [6.45, 7) is 11.5. The molecule has 3 aromatic rings. The molecule has 0 saturated heterocycles. The summed E-state index contributed by atoms with van der Waals surface area (Å²) in [7, 11) is 0. The van der Waals surface area contributed by atoms with Crippen molar-refractivity contribution in [3.05, 3.63) is 52.4 Å². The van der Waals surface area contributed by atoms with Crippen molar-refractivity contribution in [1.82, 2.24) is 9.55 Å². The SMILES string of the molecule is CCCn1c(C)cc(/C=C(/C#N)C(=O)N(CC)c2nc3c(C)cccc3s2)c1C. The van der Waals surface area contributed by atoms with E-state index in [0.29, 0.717) is 11.7 Å². The minimum atomic E-state index is -0.313. The molecule has 0 aliphatic rings. The molecule has 0 atom stereocenters. The third kappa shape index (κ3) is 3.96. The van der Waals surface area contributed by atoms with E-state index in [1.165, 1.54) is 11.3 Å². The maximum absolute atomic E-state index is 13.2. The highest BCUT2D eigenvalue weighted by Crippen LogP contribution is 2.31. The number of fused-ring (bicyclic) bond motifs is 1. The number of aromatic nitrogens is 2. The predicted molar refractivity (Wildman–Crippen MR) is 120 cm³/mol. The van der Waals surface area contributed by atoms with Gasteiger partial charge in [0.1, 0.15) is 11.6 Å². The highest BCUT2D eigenvalue weighted by molar-refractivity contribution is 7.22. The summed E-state index contributed by atoms with van der Waals surface area (Å²) >= 11 is 1.48. The maximum Gasteiger partial charge on any atom is 0.270 e. The molecular formula is C23H26N4OS. The molecule has 0 bridgehead atoms. The second-order valence-electron chi connectivity index (χ2n) is 7.12. The van der Waals surface area contributed by atoms with Gasteiger partial charge < -0.3 is 4.57 Å². The molecule has 0 N–H and O–H groups in total. The van der Waals surface area contributed by atoms with Gasteiger partial charge in [0, 0.05) is 24.5 Å². The van der Waals surface area contributed by atoms with Crippen molar-refractivity contribution in [3.63, 3.8) is 0 Å². The first-order chi connectivity index (χ1) is 13.9. The highest BCUT2D eigenvalue weighted by Gasteiger charge is 2.23. The number of para-hydroxylation sites is 1. The first-order valence-electron chi connectivity index (χ1n) is 9.87. The minimum Gasteiger partial charge on any atom is -0.349 e. The number of likely N-dealkylation sites (N-methyl/N-ethyl adjacent to an activating group) is 1. The average molecular weight is 407 g/mol. The van der Waals surface area contributed by atoms with Gasteiger partial charge in [-0.25, -0.2) is 4.98 Å². The molecular weight excluding hydrogens is 380 g/mol. The lowest BCUT2D eigenvalue weighted by molar-refractivity contribution is -0.114. The van der Waals surface area contributed by atoms with Crippen LogP contribution >= 0.6 is 11.3 Å². The van der Waals surface area contributed by atoms with Gasteiger partial charge in [0.25, 0.3) is 5.91 Å². The van der Waals surface area contributed by atoms with E-state index in [1.807, 2.05) is 45.0 Å². The van der Waals surface area contributed by atoms with Crippen LogP contribution in [0.1, 0.15) is 42.8 Å². The average Bonchev–Trinajstić information content (AvgIpc) is 3.24. The first kappa shape index (κ1) is 20.8. The number of anilines is 1. The number of hydrogen-bond acceptors (Lipinski definition) is 4. The predicted octanol–water partition coefficient (Wildman–Crippen LogP) is 5.39. The zero-order valence-corrected chi connectivity index (χ0v) is 18.4. The lowest BCUT2D eigenvalue weighted by Crippen LogP contribution is -2.31. The molecule has 6 heteroatoms. The molecule has 3 rings (SSSR count). The fraction of sp³-hybridized carbons (Fsp3) is 0.348. The van der Waals surface area contributed by atoms with E-state index in [0.717, 1.165) is 45.7 Å². The van der Waals surface area contributed by atoms with Crippen LogP contribution in [0.15, 0.2) is 29.8 Å². The van der Waals surface area contributed by atoms with Crippen molar-refractivity contribution < 1.29 is 4.79 Å². The Bertz CT molecular complexity index is 1130. The molecule has 1 aromatic carbocycles. The van der Waals surface area contributed by atoms with Crippen molar-refractivity contribution in [2.75, 3.05) is 11.4 Å². The largest absolute Gasteiger partial charge is 0.349 e. The Kier molecular flexibility index (Phi) is 6.19. The van der Waals surface area contributed by atoms with E-state index >= 15 is 0 Å². The summed E-state index contributed by atoms with van der Waals surface area (Å²) in [5, 5.41) is 10.3. The molecule has 1 amide bonds. The molecule has 0 fully saturated rings. The second-order valence-corrected chi connectivity index (χ2v) is 8.12. The second kappa shape index (κ2) is 8.62. The number of nitriles is 1. The third-order valence-corrected chi connectivity index (χ3v) is 6.16. The number of amides is 1. The van der Waals surface area contributed by atoms with Gasteiger partial charge in [-0.15, -0.1) is 0 Å². The molecule has 150 valence electrons. The summed E-state index contributed by atoms with van der Waals surface area (Å²) in [5.74, 6) is -0.313. The van der Waals surface area contributed by atoms with Crippen LogP contribution in [0.2, 0.25) is 0 Å². The number of aryl methyl sites for hydroxylation is 2. The van der Waals surface area contributed by atoms with Gasteiger partial charge in [0.2, 0.25) is 0 Å². The van der Waals surface area contributed by atoms with Crippen LogP contribution < -0.4 is 4.90 Å². The normalized spacial score (nSPS) is 11.7. The standard InChI is InChI=1S/C23H26N4OS/c1-6-11-27-16(4)12-18(17(27)5)13-19(14-24)22(28)26(7-2)23-25-21-15(3)9-8-10-20(21)29-23/h8-10,12-13H,6-7,11H2,1-5H3/b19-13-. The third-order valence-electron chi connectivity index (χ3n) is 5.11. The zero-order chi connectivity index (χ0) is 21.1. The molecule has 0 unspecified atom stereocenters. The van der Waals surface area contributed by atoms with Gasteiger partial charge in [0.15, 0.2) is 5.13 Å². The quantitative estimate of drug-likeness (QED) is 0.407. The zero-order valence-electron chi connectivity index (χ0n) is 17.6. The Morgan fingerprint density at radius 3 is 2.69 bits per heavy atom. The van der Waals surface area contributed by atoms with Crippen molar-refractivity contribution >= 4 is 38.7 Å². The number of rotatable bonds is 6. The first-order valence-corrected chi connectivity index (χ1v) is 10.7. The molecule has 29 heavy (non-hydrogen) atoms. The van der Waals surface area contributed by atoms with Crippen LogP contribution in [0, 0.1) is 32.1 Å². The summed E-state index contributed by atoms with van der Waals surface area (Å²) in [4.78, 5) is 19.5. The summed E-state index contributed by atoms with van der Waals surface area (Å²) in [6.07, 6.45) is 2.74. The number of benzene rings is 1. The van der Waals surface area contributed by atoms with Crippen LogP contribution in [-0.2, 0) is 11.3 Å². The van der Waals surface area contributed by atoms with E-state index in [-0.39, 0.29) is 11.5 Å². The van der Waals surface area contributed by atoms with E-state index in [1.54, 1.807) is 11.0 Å². The van der Waals surface area contributed by atoms with Gasteiger partial charge in [-0.2, -0.15) is 5.26 Å². The lowest BCUT2D eigenvalue weighted by atomic mass is 10.1. The lowest BCUT2D eigenvalue weighted by Gasteiger charge is -2.17. The number of carbonyl (C=O) groups is 1. The molecule has 2 heterocycles. The van der Waals surface area contributed by atoms with Gasteiger partial charge >= 0.3 is 0 Å². The number of thiazole rings is 1. The fourth-order valence-corrected chi connectivity index (χ4v) is 4.65. The minimum absolute atomic E-state index is 0.125. The molecule has 0 aliphatic heterocycles. The summed E-state index contributed by atoms with van der Waals surface area (Å²) in [5.41, 5.74) is 5.23. The Balaban J connectivity index is 1.99. The van der Waals surface area contributed by atoms with Crippen LogP contribution in [0.25, 0.3) is 16.3 Å². The van der Waals surface area contributed by atoms with Crippen LogP contribution in [0.4, 0.5) is 5.13 Å². The molecule has 0 saturated carbocycles. The van der Waals surface area contributed by atoms with Crippen molar-refractivity contribution in [2.45, 2.75) is 47.6 Å². The van der Waals surface area contributed by atoms with E-state index in [2.05, 4.69) is 29.5 Å². The van der Waals surface area contributed by atoms with Crippen LogP contribution in [0.3, 0.4) is 0 Å². The summed E-state index contributed by atoms with van der Waals surface area (Å²) in [6, 6.07) is 10.1. The van der Waals surface area contributed by atoms with Crippen molar-refractivity contribution in [3.8, 4) is 6.07 Å². The van der Waals surface area contributed by atoms with Crippen LogP contribution in [0.5, 0.6) is 0 Å². The van der Waals surface area contributed by atoms with Crippen LogP contribution in [-0.4, -0.2) is 22.0 Å². The Morgan fingerprint density at radius 2 is 2.07 bits per heavy atom. The smallest absolute Gasteiger partial charge is 0.270 e. The van der Waals surface area contributed by atoms with Gasteiger partial charge in [0.05, 0.1) is 10.2 Å². The van der Waals surface area contributed by atoms with Crippen molar-refractivity contribution in [2.24, 2.45) is 0 Å². The molecule has 0 spiro atoms. The number of carbonyl (C=O) groups excluding carboxylic acids is 1. The molecule has 2 aromatic heterocycles.